The summed E-state index contributed by atoms with van der Waals surface area (Å²) in [5, 5.41) is 7.83. The number of amidine groups is 1. The van der Waals surface area contributed by atoms with Gasteiger partial charge in [-0.1, -0.05) is 60.7 Å². The summed E-state index contributed by atoms with van der Waals surface area (Å²) in [6, 6.07) is 25.4. The van der Waals surface area contributed by atoms with Crippen molar-refractivity contribution < 1.29 is 4.79 Å². The lowest BCUT2D eigenvalue weighted by Crippen LogP contribution is -2.44. The van der Waals surface area contributed by atoms with Gasteiger partial charge in [-0.05, 0) is 78.6 Å². The van der Waals surface area contributed by atoms with Gasteiger partial charge in [-0.2, -0.15) is 0 Å². The van der Waals surface area contributed by atoms with Crippen molar-refractivity contribution in [3.05, 3.63) is 90.0 Å². The number of carbonyl (C=O) groups is 1. The molecule has 6 N–H and O–H groups in total. The second-order valence-electron chi connectivity index (χ2n) is 8.93. The first-order valence-corrected chi connectivity index (χ1v) is 12.9. The van der Waals surface area contributed by atoms with Crippen molar-refractivity contribution in [2.45, 2.75) is 30.2 Å². The van der Waals surface area contributed by atoms with Crippen molar-refractivity contribution in [3.63, 3.8) is 0 Å². The first kappa shape index (κ1) is 25.0. The van der Waals surface area contributed by atoms with Gasteiger partial charge in [-0.25, -0.2) is 4.72 Å². The number of carbonyl (C=O) groups excluding carboxylic acids is 1. The van der Waals surface area contributed by atoms with E-state index in [0.29, 0.717) is 18.0 Å². The number of benzene rings is 3. The van der Waals surface area contributed by atoms with Crippen molar-refractivity contribution in [2.24, 2.45) is 17.4 Å². The molecule has 0 aliphatic carbocycles. The third-order valence-electron chi connectivity index (χ3n) is 6.51. The molecule has 1 amide bonds. The van der Waals surface area contributed by atoms with E-state index in [9.17, 15) is 4.79 Å². The molecule has 1 fully saturated rings. The van der Waals surface area contributed by atoms with E-state index < -0.39 is 6.04 Å². The molecule has 1 unspecified atom stereocenters. The van der Waals surface area contributed by atoms with Crippen LogP contribution in [0.4, 0.5) is 0 Å². The van der Waals surface area contributed by atoms with Crippen LogP contribution in [0, 0.1) is 11.3 Å². The molecule has 182 valence electrons. The fraction of sp³-hybridized carbons (Fsp3) is 0.286. The zero-order valence-electron chi connectivity index (χ0n) is 19.8. The van der Waals surface area contributed by atoms with Crippen LogP contribution in [0.1, 0.15) is 36.4 Å². The van der Waals surface area contributed by atoms with Crippen molar-refractivity contribution >= 4 is 23.7 Å². The van der Waals surface area contributed by atoms with Gasteiger partial charge >= 0.3 is 0 Å². The van der Waals surface area contributed by atoms with Crippen LogP contribution in [-0.2, 0) is 4.79 Å². The molecule has 1 aliphatic heterocycles. The fourth-order valence-electron chi connectivity index (χ4n) is 4.50. The van der Waals surface area contributed by atoms with Crippen molar-refractivity contribution in [3.8, 4) is 11.1 Å². The predicted octanol–water partition coefficient (Wildman–Crippen LogP) is 4.56. The van der Waals surface area contributed by atoms with Crippen molar-refractivity contribution in [1.29, 1.82) is 5.41 Å². The van der Waals surface area contributed by atoms with Crippen LogP contribution in [0.2, 0.25) is 0 Å². The fourth-order valence-corrected chi connectivity index (χ4v) is 5.33. The molecule has 1 atom stereocenters. The number of hydrogen-bond acceptors (Lipinski definition) is 5. The number of nitrogens with two attached hydrogens (primary N) is 2. The highest BCUT2D eigenvalue weighted by molar-refractivity contribution is 7.97. The minimum absolute atomic E-state index is 0.0103. The highest BCUT2D eigenvalue weighted by Gasteiger charge is 2.29. The summed E-state index contributed by atoms with van der Waals surface area (Å²) in [6.07, 6.45) is 2.97. The van der Waals surface area contributed by atoms with E-state index in [1.165, 1.54) is 11.9 Å². The molecule has 0 saturated carbocycles. The van der Waals surface area contributed by atoms with E-state index in [1.807, 2.05) is 53.4 Å². The number of hydrogen-bond donors (Lipinski definition) is 4. The Balaban J connectivity index is 1.54. The van der Waals surface area contributed by atoms with E-state index in [1.54, 1.807) is 6.07 Å². The molecule has 6 nitrogen and oxygen atoms in total. The van der Waals surface area contributed by atoms with Gasteiger partial charge in [0, 0.05) is 23.5 Å². The quantitative estimate of drug-likeness (QED) is 0.201. The van der Waals surface area contributed by atoms with E-state index >= 15 is 0 Å². The maximum Gasteiger partial charge on any atom is 0.245 e. The summed E-state index contributed by atoms with van der Waals surface area (Å²) < 4.78 is 3.42. The summed E-state index contributed by atoms with van der Waals surface area (Å²) in [5.41, 5.74) is 15.2. The maximum atomic E-state index is 13.7. The summed E-state index contributed by atoms with van der Waals surface area (Å²) in [7, 11) is 0. The van der Waals surface area contributed by atoms with Gasteiger partial charge in [0.2, 0.25) is 5.91 Å². The van der Waals surface area contributed by atoms with Crippen molar-refractivity contribution in [1.82, 2.24) is 9.62 Å². The predicted molar refractivity (Wildman–Crippen MR) is 144 cm³/mol. The normalized spacial score (nSPS) is 15.1. The number of nitrogens with zero attached hydrogens (tertiary/aromatic N) is 1. The summed E-state index contributed by atoms with van der Waals surface area (Å²) in [6.45, 7) is 2.17. The number of nitrogen functional groups attached to an aromatic ring is 1. The zero-order valence-corrected chi connectivity index (χ0v) is 20.6. The van der Waals surface area contributed by atoms with E-state index in [-0.39, 0.29) is 11.7 Å². The second kappa shape index (κ2) is 12.0. The SMILES string of the molecule is N=C(N)c1cccc(C(NSc2cccc(-c3ccccc3)c2)C(=O)N2CCC(CCN)CC2)c1. The third-order valence-corrected chi connectivity index (χ3v) is 7.36. The zero-order chi connectivity index (χ0) is 24.6. The highest BCUT2D eigenvalue weighted by atomic mass is 32.2. The van der Waals surface area contributed by atoms with Crippen LogP contribution in [0.25, 0.3) is 11.1 Å². The van der Waals surface area contributed by atoms with Crippen LogP contribution in [0.15, 0.2) is 83.8 Å². The Morgan fingerprint density at radius 3 is 2.43 bits per heavy atom. The molecule has 3 aromatic rings. The maximum absolute atomic E-state index is 13.7. The Kier molecular flexibility index (Phi) is 8.58. The Morgan fingerprint density at radius 2 is 1.71 bits per heavy atom. The van der Waals surface area contributed by atoms with Gasteiger partial charge in [0.25, 0.3) is 0 Å². The topological polar surface area (TPSA) is 108 Å². The molecule has 0 radical (unpaired) electrons. The molecule has 0 aromatic heterocycles. The minimum Gasteiger partial charge on any atom is -0.384 e. The number of piperidine rings is 1. The number of nitrogens with one attached hydrogen (secondary N) is 2. The molecule has 0 bridgehead atoms. The van der Waals surface area contributed by atoms with Gasteiger partial charge in [-0.15, -0.1) is 0 Å². The summed E-state index contributed by atoms with van der Waals surface area (Å²) in [5.74, 6) is 0.624. The van der Waals surface area contributed by atoms with Gasteiger partial charge < -0.3 is 16.4 Å². The summed E-state index contributed by atoms with van der Waals surface area (Å²) >= 11 is 1.45. The number of amides is 1. The highest BCUT2D eigenvalue weighted by Crippen LogP contribution is 2.29. The van der Waals surface area contributed by atoms with Gasteiger partial charge in [0.15, 0.2) is 0 Å². The molecular weight excluding hydrogens is 454 g/mol. The summed E-state index contributed by atoms with van der Waals surface area (Å²) in [4.78, 5) is 16.7. The van der Waals surface area contributed by atoms with E-state index in [2.05, 4.69) is 29.0 Å². The molecule has 0 spiro atoms. The Bertz CT molecular complexity index is 1140. The van der Waals surface area contributed by atoms with Gasteiger partial charge in [0.1, 0.15) is 11.9 Å². The lowest BCUT2D eigenvalue weighted by molar-refractivity contribution is -0.134. The Labute approximate surface area is 211 Å². The van der Waals surface area contributed by atoms with Crippen LogP contribution >= 0.6 is 11.9 Å². The molecule has 3 aromatic carbocycles. The third kappa shape index (κ3) is 6.51. The first-order valence-electron chi connectivity index (χ1n) is 12.1. The van der Waals surface area contributed by atoms with E-state index in [4.69, 9.17) is 16.9 Å². The van der Waals surface area contributed by atoms with Crippen LogP contribution in [-0.4, -0.2) is 36.3 Å². The Morgan fingerprint density at radius 1 is 1.00 bits per heavy atom. The van der Waals surface area contributed by atoms with Gasteiger partial charge in [0.05, 0.1) is 0 Å². The number of likely N-dealkylation sites (tertiary alicyclic amines) is 1. The average molecular weight is 488 g/mol. The van der Waals surface area contributed by atoms with Crippen molar-refractivity contribution in [2.75, 3.05) is 19.6 Å². The molecule has 7 heteroatoms. The second-order valence-corrected chi connectivity index (χ2v) is 9.84. The van der Waals surface area contributed by atoms with Crippen LogP contribution < -0.4 is 16.2 Å². The minimum atomic E-state index is -0.550. The number of rotatable bonds is 9. The Hall–Kier alpha value is -3.13. The molecular formula is C28H33N5OS. The first-order chi connectivity index (χ1) is 17.0. The molecule has 1 saturated heterocycles. The molecule has 35 heavy (non-hydrogen) atoms. The van der Waals surface area contributed by atoms with Crippen LogP contribution in [0.3, 0.4) is 0 Å². The lowest BCUT2D eigenvalue weighted by Gasteiger charge is -2.34. The molecule has 4 rings (SSSR count). The smallest absolute Gasteiger partial charge is 0.245 e. The average Bonchev–Trinajstić information content (AvgIpc) is 2.90. The molecule has 1 aliphatic rings. The largest absolute Gasteiger partial charge is 0.384 e. The standard InChI is InChI=1S/C28H33N5OS/c29-15-12-20-13-16-33(17-14-20)28(34)26(23-9-4-10-24(18-23)27(30)31)32-35-25-11-5-8-22(19-25)21-6-2-1-3-7-21/h1-11,18-20,26,32H,12-17,29H2,(H3,30,31). The monoisotopic (exact) mass is 487 g/mol. The van der Waals surface area contributed by atoms with Crippen LogP contribution in [0.5, 0.6) is 0 Å². The lowest BCUT2D eigenvalue weighted by atomic mass is 9.93. The van der Waals surface area contributed by atoms with Gasteiger partial charge in [-0.3, -0.25) is 10.2 Å². The molecule has 1 heterocycles. The van der Waals surface area contributed by atoms with E-state index in [0.717, 1.165) is 53.9 Å².